The van der Waals surface area contributed by atoms with Crippen LogP contribution in [0.5, 0.6) is 0 Å². The third-order valence-corrected chi connectivity index (χ3v) is 7.94. The Kier molecular flexibility index (Phi) is 12.0. The smallest absolute Gasteiger partial charge is 0.180 e. The molecule has 0 bridgehead atoms. The first-order valence-corrected chi connectivity index (χ1v) is 14.2. The average molecular weight is 558 g/mol. The number of hydrogen-bond donors (Lipinski definition) is 1. The van der Waals surface area contributed by atoms with Gasteiger partial charge in [-0.2, -0.15) is 14.0 Å². The SMILES string of the molecule is CCOC(C)=NC(C)(C)C[S+]1c2ccccc2Sc2ccccc21.[O-][Cl+3]([O-])([O-])O.[O-][Cl+3]([O-])([O-])[O-]. The molecule has 2 aromatic carbocycles. The molecule has 14 heteroatoms. The highest BCUT2D eigenvalue weighted by molar-refractivity contribution is 8.04. The van der Waals surface area contributed by atoms with Gasteiger partial charge in [-0.05, 0) is 45.0 Å². The molecule has 10 nitrogen and oxygen atoms in total. The van der Waals surface area contributed by atoms with Gasteiger partial charge in [-0.1, -0.05) is 36.0 Å². The Bertz CT molecular complexity index is 881. The highest BCUT2D eigenvalue weighted by Crippen LogP contribution is 2.46. The second-order valence-electron chi connectivity index (χ2n) is 7.18. The van der Waals surface area contributed by atoms with Crippen molar-refractivity contribution in [3.8, 4) is 0 Å². The number of ether oxygens (including phenoxy) is 1. The van der Waals surface area contributed by atoms with Crippen LogP contribution in [0.1, 0.15) is 27.7 Å². The molecule has 0 saturated heterocycles. The molecule has 0 saturated carbocycles. The lowest BCUT2D eigenvalue weighted by Crippen LogP contribution is -2.68. The molecular weight excluding hydrogens is 533 g/mol. The quantitative estimate of drug-likeness (QED) is 0.223. The van der Waals surface area contributed by atoms with Gasteiger partial charge in [0.25, 0.3) is 0 Å². The standard InChI is InChI=1S/C20H24NOS2.2ClHO4/c1-5-22-15(2)21-20(3,4)14-24-18-12-8-6-10-16(18)23-17-11-7-9-13-19(17)24;2*2-1(3,4)5/h6-13H,5,14H2,1-4H3;2*(H,2,3,4,5)/q+1;;/p-1. The van der Waals surface area contributed by atoms with Crippen LogP contribution < -0.4 is 32.6 Å². The molecule has 0 unspecified atom stereocenters. The Hall–Kier alpha value is -1.13. The van der Waals surface area contributed by atoms with Gasteiger partial charge in [0.15, 0.2) is 15.7 Å². The zero-order valence-electron chi connectivity index (χ0n) is 18.8. The van der Waals surface area contributed by atoms with Crippen LogP contribution >= 0.6 is 11.8 Å². The van der Waals surface area contributed by atoms with Crippen molar-refractivity contribution < 1.29 is 62.5 Å². The minimum absolute atomic E-state index is 0.0322. The molecule has 0 aromatic heterocycles. The van der Waals surface area contributed by atoms with E-state index in [0.717, 1.165) is 11.7 Å². The number of hydrogen-bond acceptors (Lipinski definition) is 11. The summed E-state index contributed by atoms with van der Waals surface area (Å²) < 4.78 is 72.2. The van der Waals surface area contributed by atoms with Crippen molar-refractivity contribution >= 4 is 28.6 Å². The molecule has 1 heterocycles. The lowest BCUT2D eigenvalue weighted by Gasteiger charge is -2.25. The molecule has 0 aliphatic carbocycles. The van der Waals surface area contributed by atoms with Gasteiger partial charge in [-0.15, -0.1) is 10.2 Å². The zero-order valence-corrected chi connectivity index (χ0v) is 21.9. The van der Waals surface area contributed by atoms with Gasteiger partial charge in [0.05, 0.1) is 42.2 Å². The average Bonchev–Trinajstić information content (AvgIpc) is 2.65. The number of halogens is 2. The fourth-order valence-corrected chi connectivity index (χ4v) is 7.07. The first kappa shape index (κ1) is 30.9. The van der Waals surface area contributed by atoms with Crippen molar-refractivity contribution in [1.82, 2.24) is 0 Å². The van der Waals surface area contributed by atoms with Crippen LogP contribution in [0, 0.1) is 20.5 Å². The van der Waals surface area contributed by atoms with Crippen LogP contribution in [-0.2, 0) is 15.6 Å². The Morgan fingerprint density at radius 1 is 0.941 bits per heavy atom. The second kappa shape index (κ2) is 13.3. The van der Waals surface area contributed by atoms with Crippen molar-refractivity contribution in [1.29, 1.82) is 0 Å². The minimum Gasteiger partial charge on any atom is -0.481 e. The van der Waals surface area contributed by atoms with E-state index >= 15 is 0 Å². The summed E-state index contributed by atoms with van der Waals surface area (Å²) in [5.41, 5.74) is -0.162. The van der Waals surface area contributed by atoms with Crippen LogP contribution in [0.25, 0.3) is 0 Å². The Balaban J connectivity index is 0.000000489. The molecule has 3 rings (SSSR count). The molecule has 1 aliphatic heterocycles. The fraction of sp³-hybridized carbons (Fsp3) is 0.350. The van der Waals surface area contributed by atoms with Gasteiger partial charge >= 0.3 is 0 Å². The predicted molar refractivity (Wildman–Crippen MR) is 107 cm³/mol. The molecule has 0 atom stereocenters. The molecule has 1 N–H and O–H groups in total. The van der Waals surface area contributed by atoms with Crippen molar-refractivity contribution in [2.45, 2.75) is 52.8 Å². The molecule has 34 heavy (non-hydrogen) atoms. The minimum atomic E-state index is -4.94. The van der Waals surface area contributed by atoms with E-state index < -0.39 is 20.5 Å². The summed E-state index contributed by atoms with van der Waals surface area (Å²) in [5, 5.41) is 0. The maximum atomic E-state index is 8.60. The third kappa shape index (κ3) is 13.1. The predicted octanol–water partition coefficient (Wildman–Crippen LogP) is -3.46. The second-order valence-corrected chi connectivity index (χ2v) is 11.8. The molecule has 190 valence electrons. The monoisotopic (exact) mass is 557 g/mol. The molecule has 1 aliphatic rings. The molecule has 0 radical (unpaired) electrons. The normalized spacial score (nSPS) is 14.1. The lowest BCUT2D eigenvalue weighted by molar-refractivity contribution is -2.00. The molecule has 2 aromatic rings. The number of rotatable bonds is 4. The van der Waals surface area contributed by atoms with Crippen LogP contribution in [0.15, 0.2) is 73.1 Å². The summed E-state index contributed by atoms with van der Waals surface area (Å²) in [5.74, 6) is 1.77. The zero-order chi connectivity index (χ0) is 26.2. The molecule has 0 amide bonds. The van der Waals surface area contributed by atoms with E-state index in [0.29, 0.717) is 6.61 Å². The van der Waals surface area contributed by atoms with Crippen molar-refractivity contribution in [3.05, 3.63) is 48.5 Å². The van der Waals surface area contributed by atoms with E-state index in [-0.39, 0.29) is 16.4 Å². The summed E-state index contributed by atoms with van der Waals surface area (Å²) in [4.78, 5) is 10.5. The van der Waals surface area contributed by atoms with E-state index in [2.05, 4.69) is 62.4 Å². The largest absolute Gasteiger partial charge is 0.481 e. The van der Waals surface area contributed by atoms with Gasteiger partial charge in [0.1, 0.15) is 11.3 Å². The Labute approximate surface area is 209 Å². The maximum absolute atomic E-state index is 8.60. The Morgan fingerprint density at radius 3 is 1.71 bits per heavy atom. The van der Waals surface area contributed by atoms with Crippen LogP contribution in [0.2, 0.25) is 0 Å². The Morgan fingerprint density at radius 2 is 1.32 bits per heavy atom. The number of nitrogens with zero attached hydrogens (tertiary/aromatic N) is 1. The van der Waals surface area contributed by atoms with Crippen LogP contribution in [-0.4, -0.2) is 28.5 Å². The van der Waals surface area contributed by atoms with Gasteiger partial charge in [0.2, 0.25) is 0 Å². The highest BCUT2D eigenvalue weighted by Gasteiger charge is 2.40. The van der Waals surface area contributed by atoms with Crippen LogP contribution in [0.4, 0.5) is 0 Å². The van der Waals surface area contributed by atoms with Crippen molar-refractivity contribution in [2.75, 3.05) is 12.4 Å². The molecular formula is C20H25Cl2NO9S2. The van der Waals surface area contributed by atoms with Crippen molar-refractivity contribution in [2.24, 2.45) is 4.99 Å². The van der Waals surface area contributed by atoms with Gasteiger partial charge in [-0.3, -0.25) is 0 Å². The number of fused-ring (bicyclic) bond motifs is 2. The summed E-state index contributed by atoms with van der Waals surface area (Å²) >= 11 is 1.88. The number of benzene rings is 2. The number of aliphatic imine (C=N–C) groups is 1. The van der Waals surface area contributed by atoms with Gasteiger partial charge < -0.3 is 4.74 Å². The van der Waals surface area contributed by atoms with Gasteiger partial charge in [-0.25, -0.2) is 23.6 Å². The first-order chi connectivity index (χ1) is 15.5. The van der Waals surface area contributed by atoms with E-state index in [1.54, 1.807) is 0 Å². The first-order valence-electron chi connectivity index (χ1n) is 9.51. The summed E-state index contributed by atoms with van der Waals surface area (Å²) in [6.07, 6.45) is 0. The lowest BCUT2D eigenvalue weighted by atomic mass is 10.1. The summed E-state index contributed by atoms with van der Waals surface area (Å²) in [6.45, 7) is 9.02. The van der Waals surface area contributed by atoms with E-state index in [1.807, 2.05) is 25.6 Å². The fourth-order valence-electron chi connectivity index (χ4n) is 2.92. The van der Waals surface area contributed by atoms with E-state index in [1.165, 1.54) is 19.6 Å². The summed E-state index contributed by atoms with van der Waals surface area (Å²) in [6, 6.07) is 17.6. The van der Waals surface area contributed by atoms with E-state index in [4.69, 9.17) is 47.0 Å². The van der Waals surface area contributed by atoms with Crippen molar-refractivity contribution in [3.63, 3.8) is 0 Å². The van der Waals surface area contributed by atoms with Gasteiger partial charge in [0, 0.05) is 6.92 Å². The third-order valence-electron chi connectivity index (χ3n) is 3.76. The topological polar surface area (TPSA) is 203 Å². The highest BCUT2D eigenvalue weighted by atomic mass is 35.7. The van der Waals surface area contributed by atoms with E-state index in [9.17, 15) is 0 Å². The molecule has 0 spiro atoms. The maximum Gasteiger partial charge on any atom is 0.180 e. The van der Waals surface area contributed by atoms with Crippen LogP contribution in [0.3, 0.4) is 0 Å². The molecule has 0 fully saturated rings. The summed E-state index contributed by atoms with van der Waals surface area (Å²) in [7, 11) is -9.61.